The molecule has 1 saturated heterocycles. The minimum absolute atomic E-state index is 0.164. The number of benzene rings is 1. The number of rotatable bonds is 6. The van der Waals surface area contributed by atoms with Crippen LogP contribution in [-0.2, 0) is 11.3 Å². The molecule has 5 heteroatoms. The number of aryl methyl sites for hydroxylation is 1. The molecule has 1 aliphatic heterocycles. The molecular weight excluding hydrogens is 290 g/mol. The third-order valence-electron chi connectivity index (χ3n) is 4.44. The third kappa shape index (κ3) is 5.61. The summed E-state index contributed by atoms with van der Waals surface area (Å²) in [6, 6.07) is 8.19. The van der Waals surface area contributed by atoms with E-state index in [1.54, 1.807) is 0 Å². The second kappa shape index (κ2) is 8.43. The molecule has 0 spiro atoms. The van der Waals surface area contributed by atoms with E-state index >= 15 is 0 Å². The summed E-state index contributed by atoms with van der Waals surface area (Å²) in [6.45, 7) is 9.35. The second-order valence-electron chi connectivity index (χ2n) is 6.60. The highest BCUT2D eigenvalue weighted by atomic mass is 16.3. The lowest BCUT2D eigenvalue weighted by Crippen LogP contribution is -2.50. The van der Waals surface area contributed by atoms with Gasteiger partial charge in [-0.25, -0.2) is 0 Å². The molecule has 2 rings (SSSR count). The number of β-amino-alcohol motifs (C(OH)–C–C–N with tert-alkyl or cyclic N) is 1. The van der Waals surface area contributed by atoms with E-state index in [2.05, 4.69) is 28.9 Å². The van der Waals surface area contributed by atoms with E-state index in [9.17, 15) is 9.90 Å². The molecule has 1 N–H and O–H groups in total. The normalized spacial score (nSPS) is 17.9. The lowest BCUT2D eigenvalue weighted by Gasteiger charge is -2.35. The highest BCUT2D eigenvalue weighted by molar-refractivity contribution is 5.78. The zero-order valence-corrected chi connectivity index (χ0v) is 14.5. The Morgan fingerprint density at radius 3 is 2.43 bits per heavy atom. The van der Waals surface area contributed by atoms with Crippen LogP contribution >= 0.6 is 0 Å². The number of carbonyl (C=O) groups excluding carboxylic acids is 1. The maximum absolute atomic E-state index is 12.4. The standard InChI is InChI=1S/C18H29N3O2/c1-15-6-4-5-7-17(15)13-19(3)18(23)14-21-10-8-20(9-11-21)12-16(2)22/h4-7,16,22H,8-14H2,1-3H3/t16-/m0/s1. The van der Waals surface area contributed by atoms with Crippen LogP contribution in [0.25, 0.3) is 0 Å². The first kappa shape index (κ1) is 17.9. The molecule has 0 aliphatic carbocycles. The van der Waals surface area contributed by atoms with Crippen molar-refractivity contribution in [3.63, 3.8) is 0 Å². The van der Waals surface area contributed by atoms with Gasteiger partial charge in [-0.2, -0.15) is 0 Å². The van der Waals surface area contributed by atoms with Crippen LogP contribution in [0.15, 0.2) is 24.3 Å². The number of aliphatic hydroxyl groups is 1. The van der Waals surface area contributed by atoms with Crippen LogP contribution in [0, 0.1) is 6.92 Å². The number of hydrogen-bond donors (Lipinski definition) is 1. The highest BCUT2D eigenvalue weighted by Crippen LogP contribution is 2.10. The quantitative estimate of drug-likeness (QED) is 0.848. The van der Waals surface area contributed by atoms with E-state index < -0.39 is 0 Å². The summed E-state index contributed by atoms with van der Waals surface area (Å²) >= 11 is 0. The van der Waals surface area contributed by atoms with Crippen molar-refractivity contribution in [3.05, 3.63) is 35.4 Å². The van der Waals surface area contributed by atoms with Gasteiger partial charge in [-0.1, -0.05) is 24.3 Å². The minimum atomic E-state index is -0.288. The van der Waals surface area contributed by atoms with Crippen LogP contribution in [-0.4, -0.2) is 78.1 Å². The van der Waals surface area contributed by atoms with Gasteiger partial charge in [0.05, 0.1) is 12.6 Å². The number of carbonyl (C=O) groups is 1. The van der Waals surface area contributed by atoms with Crippen molar-refractivity contribution >= 4 is 5.91 Å². The number of hydrogen-bond acceptors (Lipinski definition) is 4. The predicted molar refractivity (Wildman–Crippen MR) is 92.2 cm³/mol. The van der Waals surface area contributed by atoms with E-state index in [-0.39, 0.29) is 12.0 Å². The smallest absolute Gasteiger partial charge is 0.236 e. The summed E-state index contributed by atoms with van der Waals surface area (Å²) in [4.78, 5) is 18.7. The Balaban J connectivity index is 1.77. The van der Waals surface area contributed by atoms with E-state index in [1.807, 2.05) is 31.0 Å². The Hall–Kier alpha value is -1.43. The summed E-state index contributed by atoms with van der Waals surface area (Å²) < 4.78 is 0. The molecule has 0 unspecified atom stereocenters. The van der Waals surface area contributed by atoms with Crippen molar-refractivity contribution in [2.45, 2.75) is 26.5 Å². The first-order valence-corrected chi connectivity index (χ1v) is 8.37. The molecule has 23 heavy (non-hydrogen) atoms. The Kier molecular flexibility index (Phi) is 6.57. The Bertz CT molecular complexity index is 511. The van der Waals surface area contributed by atoms with Gasteiger partial charge in [-0.15, -0.1) is 0 Å². The number of likely N-dealkylation sites (N-methyl/N-ethyl adjacent to an activating group) is 1. The Morgan fingerprint density at radius 2 is 1.83 bits per heavy atom. The predicted octanol–water partition coefficient (Wildman–Crippen LogP) is 0.952. The summed E-state index contributed by atoms with van der Waals surface area (Å²) in [5.41, 5.74) is 2.42. The van der Waals surface area contributed by atoms with Crippen LogP contribution in [0.4, 0.5) is 0 Å². The second-order valence-corrected chi connectivity index (χ2v) is 6.60. The fourth-order valence-corrected chi connectivity index (χ4v) is 2.95. The molecule has 1 atom stereocenters. The topological polar surface area (TPSA) is 47.0 Å². The average molecular weight is 319 g/mol. The molecule has 0 radical (unpaired) electrons. The summed E-state index contributed by atoms with van der Waals surface area (Å²) in [5.74, 6) is 0.164. The first-order valence-electron chi connectivity index (χ1n) is 8.37. The average Bonchev–Trinajstić information content (AvgIpc) is 2.51. The zero-order valence-electron chi connectivity index (χ0n) is 14.5. The number of piperazine rings is 1. The maximum atomic E-state index is 12.4. The van der Waals surface area contributed by atoms with E-state index in [0.717, 1.165) is 32.7 Å². The van der Waals surface area contributed by atoms with Gasteiger partial charge < -0.3 is 10.0 Å². The van der Waals surface area contributed by atoms with Gasteiger partial charge in [0.2, 0.25) is 5.91 Å². The largest absolute Gasteiger partial charge is 0.392 e. The molecule has 0 saturated carbocycles. The number of aliphatic hydroxyl groups excluding tert-OH is 1. The van der Waals surface area contributed by atoms with Crippen LogP contribution in [0.1, 0.15) is 18.1 Å². The first-order chi connectivity index (χ1) is 11.0. The van der Waals surface area contributed by atoms with Crippen LogP contribution < -0.4 is 0 Å². The van der Waals surface area contributed by atoms with Crippen molar-refractivity contribution in [1.29, 1.82) is 0 Å². The van der Waals surface area contributed by atoms with Crippen molar-refractivity contribution in [3.8, 4) is 0 Å². The molecule has 1 fully saturated rings. The van der Waals surface area contributed by atoms with E-state index in [0.29, 0.717) is 13.1 Å². The molecule has 1 heterocycles. The van der Waals surface area contributed by atoms with E-state index in [1.165, 1.54) is 11.1 Å². The lowest BCUT2D eigenvalue weighted by atomic mass is 10.1. The Labute approximate surface area is 139 Å². The van der Waals surface area contributed by atoms with Gasteiger partial charge in [0.15, 0.2) is 0 Å². The third-order valence-corrected chi connectivity index (χ3v) is 4.44. The maximum Gasteiger partial charge on any atom is 0.236 e. The molecule has 0 aromatic heterocycles. The molecular formula is C18H29N3O2. The minimum Gasteiger partial charge on any atom is -0.392 e. The molecule has 1 aromatic carbocycles. The van der Waals surface area contributed by atoms with Gasteiger partial charge in [-0.05, 0) is 25.0 Å². The van der Waals surface area contributed by atoms with Gasteiger partial charge in [0, 0.05) is 46.3 Å². The zero-order chi connectivity index (χ0) is 16.8. The lowest BCUT2D eigenvalue weighted by molar-refractivity contribution is -0.132. The molecule has 0 bridgehead atoms. The number of nitrogens with zero attached hydrogens (tertiary/aromatic N) is 3. The fourth-order valence-electron chi connectivity index (χ4n) is 2.95. The fraction of sp³-hybridized carbons (Fsp3) is 0.611. The van der Waals surface area contributed by atoms with Crippen molar-refractivity contribution in [2.75, 3.05) is 46.3 Å². The molecule has 1 amide bonds. The van der Waals surface area contributed by atoms with Gasteiger partial charge in [-0.3, -0.25) is 14.6 Å². The molecule has 1 aromatic rings. The molecule has 5 nitrogen and oxygen atoms in total. The SMILES string of the molecule is Cc1ccccc1CN(C)C(=O)CN1CCN(C[C@H](C)O)CC1. The van der Waals surface area contributed by atoms with Gasteiger partial charge in [0.1, 0.15) is 0 Å². The van der Waals surface area contributed by atoms with Crippen molar-refractivity contribution in [2.24, 2.45) is 0 Å². The van der Waals surface area contributed by atoms with Crippen LogP contribution in [0.2, 0.25) is 0 Å². The summed E-state index contributed by atoms with van der Waals surface area (Å²) in [6.07, 6.45) is -0.288. The summed E-state index contributed by atoms with van der Waals surface area (Å²) in [5, 5.41) is 9.44. The van der Waals surface area contributed by atoms with Gasteiger partial charge in [0.25, 0.3) is 0 Å². The van der Waals surface area contributed by atoms with Crippen LogP contribution in [0.5, 0.6) is 0 Å². The number of amides is 1. The van der Waals surface area contributed by atoms with Crippen molar-refractivity contribution in [1.82, 2.24) is 14.7 Å². The molecule has 128 valence electrons. The Morgan fingerprint density at radius 1 is 1.22 bits per heavy atom. The molecule has 1 aliphatic rings. The highest BCUT2D eigenvalue weighted by Gasteiger charge is 2.21. The van der Waals surface area contributed by atoms with Gasteiger partial charge >= 0.3 is 0 Å². The monoisotopic (exact) mass is 319 g/mol. The van der Waals surface area contributed by atoms with Crippen LogP contribution in [0.3, 0.4) is 0 Å². The van der Waals surface area contributed by atoms with Crippen molar-refractivity contribution < 1.29 is 9.90 Å². The summed E-state index contributed by atoms with van der Waals surface area (Å²) in [7, 11) is 1.87. The van der Waals surface area contributed by atoms with E-state index in [4.69, 9.17) is 0 Å².